The third-order valence-corrected chi connectivity index (χ3v) is 10.8. The SMILES string of the molecule is O=C(N[C@H](C(=O)O)C12CCC3CCC(CC3(Br)C1)C2)c1ccc2ccccc2c1OCc1ccc(C(F)(F)F)cc1. The van der Waals surface area contributed by atoms with Gasteiger partial charge in [-0.1, -0.05) is 64.8 Å². The van der Waals surface area contributed by atoms with Crippen LogP contribution in [-0.4, -0.2) is 27.3 Å². The molecule has 3 aliphatic rings. The minimum absolute atomic E-state index is 0.0616. The Hall–Kier alpha value is -3.07. The summed E-state index contributed by atoms with van der Waals surface area (Å²) in [6.45, 7) is -0.0616. The number of halogens is 4. The topological polar surface area (TPSA) is 75.6 Å². The van der Waals surface area contributed by atoms with Gasteiger partial charge < -0.3 is 15.2 Å². The van der Waals surface area contributed by atoms with Gasteiger partial charge in [0.05, 0.1) is 11.1 Å². The number of ether oxygens (including phenoxy) is 1. The second-order valence-electron chi connectivity index (χ2n) is 12.1. The van der Waals surface area contributed by atoms with Gasteiger partial charge in [0, 0.05) is 15.1 Å². The molecule has 216 valence electrons. The summed E-state index contributed by atoms with van der Waals surface area (Å²) >= 11 is 4.02. The summed E-state index contributed by atoms with van der Waals surface area (Å²) in [6.07, 6.45) is 2.05. The van der Waals surface area contributed by atoms with Crippen LogP contribution < -0.4 is 10.1 Å². The number of carboxylic acid groups (broad SMARTS) is 1. The summed E-state index contributed by atoms with van der Waals surface area (Å²) in [7, 11) is 0. The number of carbonyl (C=O) groups excluding carboxylic acids is 1. The summed E-state index contributed by atoms with van der Waals surface area (Å²) in [4.78, 5) is 26.6. The Morgan fingerprint density at radius 1 is 1.02 bits per heavy atom. The van der Waals surface area contributed by atoms with Crippen molar-refractivity contribution >= 4 is 38.6 Å². The zero-order valence-corrected chi connectivity index (χ0v) is 23.9. The van der Waals surface area contributed by atoms with Gasteiger partial charge in [-0.05, 0) is 79.5 Å². The van der Waals surface area contributed by atoms with Crippen LogP contribution in [0, 0.1) is 17.3 Å². The van der Waals surface area contributed by atoms with Gasteiger partial charge in [-0.15, -0.1) is 0 Å². The van der Waals surface area contributed by atoms with Crippen LogP contribution in [0.5, 0.6) is 5.75 Å². The third-order valence-electron chi connectivity index (χ3n) is 9.54. The monoisotopic (exact) mass is 629 g/mol. The number of amides is 1. The molecule has 0 heterocycles. The van der Waals surface area contributed by atoms with E-state index >= 15 is 0 Å². The van der Waals surface area contributed by atoms with Gasteiger partial charge in [-0.25, -0.2) is 4.79 Å². The lowest BCUT2D eigenvalue weighted by atomic mass is 9.49. The second kappa shape index (κ2) is 10.3. The van der Waals surface area contributed by atoms with Gasteiger partial charge in [0.15, 0.2) is 0 Å². The van der Waals surface area contributed by atoms with Crippen LogP contribution >= 0.6 is 15.9 Å². The molecule has 0 spiro atoms. The largest absolute Gasteiger partial charge is 0.487 e. The van der Waals surface area contributed by atoms with Crippen molar-refractivity contribution in [3.63, 3.8) is 0 Å². The maximum Gasteiger partial charge on any atom is 0.416 e. The molecular formula is C32H31BrF3NO4. The molecule has 2 N–H and O–H groups in total. The minimum Gasteiger partial charge on any atom is -0.487 e. The molecule has 0 aromatic heterocycles. The van der Waals surface area contributed by atoms with Gasteiger partial charge >= 0.3 is 12.1 Å². The fraction of sp³-hybridized carbons (Fsp3) is 0.438. The first-order valence-corrected chi connectivity index (χ1v) is 14.8. The Labute approximate surface area is 244 Å². The smallest absolute Gasteiger partial charge is 0.416 e. The molecule has 6 rings (SSSR count). The molecule has 0 saturated heterocycles. The van der Waals surface area contributed by atoms with Crippen LogP contribution in [0.25, 0.3) is 10.8 Å². The van der Waals surface area contributed by atoms with Crippen LogP contribution in [0.2, 0.25) is 0 Å². The Morgan fingerprint density at radius 2 is 1.78 bits per heavy atom. The zero-order valence-electron chi connectivity index (χ0n) is 22.3. The van der Waals surface area contributed by atoms with Gasteiger partial charge in [-0.2, -0.15) is 13.2 Å². The molecule has 9 heteroatoms. The Bertz CT molecular complexity index is 1490. The predicted molar refractivity (Wildman–Crippen MR) is 152 cm³/mol. The Morgan fingerprint density at radius 3 is 2.51 bits per heavy atom. The molecule has 3 bridgehead atoms. The Kier molecular flexibility index (Phi) is 7.07. The molecular weight excluding hydrogens is 599 g/mol. The van der Waals surface area contributed by atoms with E-state index in [1.54, 1.807) is 18.2 Å². The number of alkyl halides is 4. The van der Waals surface area contributed by atoms with E-state index in [-0.39, 0.29) is 22.2 Å². The fourth-order valence-electron chi connectivity index (χ4n) is 7.70. The molecule has 5 nitrogen and oxygen atoms in total. The van der Waals surface area contributed by atoms with E-state index in [2.05, 4.69) is 21.2 Å². The quantitative estimate of drug-likeness (QED) is 0.262. The molecule has 0 aliphatic heterocycles. The molecule has 0 radical (unpaired) electrons. The van der Waals surface area contributed by atoms with Crippen molar-refractivity contribution in [2.24, 2.45) is 17.3 Å². The number of hydrogen-bond donors (Lipinski definition) is 2. The third kappa shape index (κ3) is 5.22. The molecule has 3 saturated carbocycles. The molecule has 3 aromatic carbocycles. The van der Waals surface area contributed by atoms with E-state index in [4.69, 9.17) is 4.74 Å². The van der Waals surface area contributed by atoms with Gasteiger partial charge in [0.1, 0.15) is 18.4 Å². The van der Waals surface area contributed by atoms with Crippen molar-refractivity contribution < 1.29 is 32.6 Å². The van der Waals surface area contributed by atoms with E-state index in [0.29, 0.717) is 29.2 Å². The van der Waals surface area contributed by atoms with Crippen molar-refractivity contribution in [1.82, 2.24) is 5.32 Å². The lowest BCUT2D eigenvalue weighted by molar-refractivity contribution is -0.147. The zero-order chi connectivity index (χ0) is 29.0. The van der Waals surface area contributed by atoms with Gasteiger partial charge in [-0.3, -0.25) is 4.79 Å². The van der Waals surface area contributed by atoms with Crippen molar-refractivity contribution in [3.05, 3.63) is 77.4 Å². The summed E-state index contributed by atoms with van der Waals surface area (Å²) in [6, 6.07) is 14.4. The highest BCUT2D eigenvalue weighted by molar-refractivity contribution is 9.10. The number of nitrogens with one attached hydrogen (secondary N) is 1. The fourth-order valence-corrected chi connectivity index (χ4v) is 9.17. The molecule has 41 heavy (non-hydrogen) atoms. The van der Waals surface area contributed by atoms with E-state index in [1.165, 1.54) is 12.1 Å². The average molecular weight is 631 g/mol. The maximum absolute atomic E-state index is 13.8. The summed E-state index contributed by atoms with van der Waals surface area (Å²) in [5, 5.41) is 14.8. The van der Waals surface area contributed by atoms with Gasteiger partial charge in [0.25, 0.3) is 5.91 Å². The number of carboxylic acids is 1. The highest BCUT2D eigenvalue weighted by atomic mass is 79.9. The van der Waals surface area contributed by atoms with Crippen LogP contribution in [0.4, 0.5) is 13.2 Å². The highest BCUT2D eigenvalue weighted by Gasteiger charge is 2.60. The van der Waals surface area contributed by atoms with Crippen molar-refractivity contribution in [3.8, 4) is 5.75 Å². The number of rotatable bonds is 7. The number of benzene rings is 3. The first-order valence-electron chi connectivity index (χ1n) is 14.0. The lowest BCUT2D eigenvalue weighted by Crippen LogP contribution is -2.62. The molecule has 3 aromatic rings. The summed E-state index contributed by atoms with van der Waals surface area (Å²) < 4.78 is 45.0. The minimum atomic E-state index is -4.44. The van der Waals surface area contributed by atoms with Crippen LogP contribution in [-0.2, 0) is 17.6 Å². The van der Waals surface area contributed by atoms with Crippen LogP contribution in [0.3, 0.4) is 0 Å². The summed E-state index contributed by atoms with van der Waals surface area (Å²) in [5.41, 5.74) is -0.593. The number of aliphatic carboxylic acids is 1. The van der Waals surface area contributed by atoms with Crippen LogP contribution in [0.1, 0.15) is 66.4 Å². The molecule has 5 atom stereocenters. The first-order chi connectivity index (χ1) is 19.5. The van der Waals surface area contributed by atoms with E-state index in [1.807, 2.05) is 18.2 Å². The second-order valence-corrected chi connectivity index (χ2v) is 13.6. The predicted octanol–water partition coefficient (Wildman–Crippen LogP) is 7.74. The van der Waals surface area contributed by atoms with Gasteiger partial charge in [0.2, 0.25) is 0 Å². The van der Waals surface area contributed by atoms with Crippen LogP contribution in [0.15, 0.2) is 60.7 Å². The van der Waals surface area contributed by atoms with Crippen molar-refractivity contribution in [2.45, 2.75) is 68.1 Å². The Balaban J connectivity index is 1.29. The number of fused-ring (bicyclic) bond motifs is 3. The number of hydrogen-bond acceptors (Lipinski definition) is 3. The van der Waals surface area contributed by atoms with E-state index in [0.717, 1.165) is 56.0 Å². The maximum atomic E-state index is 13.8. The standard InChI is InChI=1S/C32H31BrF3NO4/c33-31-16-20-7-9-22(31)13-14-30(15-20,18-31)27(29(39)40)37-28(38)25-12-8-21-3-1-2-4-24(21)26(25)41-17-19-5-10-23(11-6-19)32(34,35)36/h1-6,8,10-12,20,22,27H,7,9,13-18H2,(H,37,38)(H,39,40)/t20?,22?,27-,30?,31?/m1/s1. The van der Waals surface area contributed by atoms with Crippen molar-refractivity contribution in [1.29, 1.82) is 0 Å². The van der Waals surface area contributed by atoms with E-state index in [9.17, 15) is 27.9 Å². The molecule has 4 unspecified atom stereocenters. The summed E-state index contributed by atoms with van der Waals surface area (Å²) in [5.74, 6) is -0.352. The van der Waals surface area contributed by atoms with Crippen molar-refractivity contribution in [2.75, 3.05) is 0 Å². The highest BCUT2D eigenvalue weighted by Crippen LogP contribution is 2.64. The number of carbonyl (C=O) groups is 2. The van der Waals surface area contributed by atoms with E-state index < -0.39 is 35.1 Å². The average Bonchev–Trinajstić information content (AvgIpc) is 2.92. The molecule has 3 aliphatic carbocycles. The molecule has 3 fully saturated rings. The normalized spacial score (nSPS) is 27.8. The lowest BCUT2D eigenvalue weighted by Gasteiger charge is -2.60. The molecule has 1 amide bonds. The first kappa shape index (κ1) is 28.1.